The maximum Gasteiger partial charge on any atom is 0.197 e. The summed E-state index contributed by atoms with van der Waals surface area (Å²) in [5, 5.41) is 28.3. The Balaban J connectivity index is 2.13. The number of rotatable bonds is 0. The summed E-state index contributed by atoms with van der Waals surface area (Å²) >= 11 is 0. The summed E-state index contributed by atoms with van der Waals surface area (Å²) in [6.45, 7) is 0.540. The normalized spacial score (nSPS) is 51.5. The molecule has 76 valence electrons. The highest BCUT2D eigenvalue weighted by molar-refractivity contribution is 4.94. The van der Waals surface area contributed by atoms with Crippen LogP contribution in [0.2, 0.25) is 0 Å². The molecule has 4 atom stereocenters. The largest absolute Gasteiger partial charge is 0.388 e. The molecule has 2 saturated heterocycles. The lowest BCUT2D eigenvalue weighted by atomic mass is 9.95. The molecule has 3 N–H and O–H groups in total. The number of aliphatic hydroxyl groups is 3. The topological polar surface area (TPSA) is 79.2 Å². The molecule has 2 fully saturated rings. The summed E-state index contributed by atoms with van der Waals surface area (Å²) in [6, 6.07) is 0. The van der Waals surface area contributed by atoms with Gasteiger partial charge in [0.1, 0.15) is 18.3 Å². The summed E-state index contributed by atoms with van der Waals surface area (Å²) in [5.74, 6) is -1.07. The van der Waals surface area contributed by atoms with Crippen LogP contribution in [0.15, 0.2) is 0 Å². The first-order valence-corrected chi connectivity index (χ1v) is 4.48. The van der Waals surface area contributed by atoms with Crippen molar-refractivity contribution in [3.8, 4) is 0 Å². The van der Waals surface area contributed by atoms with Crippen LogP contribution >= 0.6 is 0 Å². The third kappa shape index (κ3) is 1.37. The molecule has 0 aliphatic carbocycles. The second kappa shape index (κ2) is 3.18. The molecule has 13 heavy (non-hydrogen) atoms. The van der Waals surface area contributed by atoms with Crippen molar-refractivity contribution in [3.63, 3.8) is 0 Å². The van der Waals surface area contributed by atoms with Gasteiger partial charge >= 0.3 is 0 Å². The van der Waals surface area contributed by atoms with Crippen LogP contribution in [0.3, 0.4) is 0 Å². The Morgan fingerprint density at radius 1 is 1.15 bits per heavy atom. The lowest BCUT2D eigenvalue weighted by Crippen LogP contribution is -2.60. The van der Waals surface area contributed by atoms with Crippen LogP contribution in [-0.4, -0.2) is 52.6 Å². The first-order valence-electron chi connectivity index (χ1n) is 4.48. The highest BCUT2D eigenvalue weighted by Crippen LogP contribution is 2.35. The third-order valence-corrected chi connectivity index (χ3v) is 2.68. The molecular formula is C8H14O5. The first kappa shape index (κ1) is 9.36. The zero-order valence-corrected chi connectivity index (χ0v) is 7.22. The summed E-state index contributed by atoms with van der Waals surface area (Å²) in [5.41, 5.74) is 0. The van der Waals surface area contributed by atoms with Crippen molar-refractivity contribution in [2.75, 3.05) is 13.2 Å². The van der Waals surface area contributed by atoms with E-state index in [0.717, 1.165) is 6.42 Å². The summed E-state index contributed by atoms with van der Waals surface area (Å²) in [6.07, 6.45) is -1.98. The average Bonchev–Trinajstić information content (AvgIpc) is 2.59. The summed E-state index contributed by atoms with van der Waals surface area (Å²) < 4.78 is 10.5. The molecule has 0 radical (unpaired) electrons. The van der Waals surface area contributed by atoms with Crippen LogP contribution in [-0.2, 0) is 9.47 Å². The lowest BCUT2D eigenvalue weighted by Gasteiger charge is -2.41. The Morgan fingerprint density at radius 2 is 1.92 bits per heavy atom. The molecule has 0 bridgehead atoms. The van der Waals surface area contributed by atoms with Crippen molar-refractivity contribution in [2.24, 2.45) is 0 Å². The monoisotopic (exact) mass is 190 g/mol. The molecule has 0 unspecified atom stereocenters. The van der Waals surface area contributed by atoms with Gasteiger partial charge in [0, 0.05) is 6.42 Å². The minimum absolute atomic E-state index is 0.0121. The van der Waals surface area contributed by atoms with Gasteiger partial charge in [0.15, 0.2) is 5.79 Å². The molecule has 2 aliphatic heterocycles. The van der Waals surface area contributed by atoms with E-state index in [1.54, 1.807) is 0 Å². The Labute approximate surface area is 75.9 Å². The van der Waals surface area contributed by atoms with E-state index in [0.29, 0.717) is 13.0 Å². The highest BCUT2D eigenvalue weighted by Gasteiger charge is 2.52. The minimum atomic E-state index is -1.17. The number of hydrogen-bond acceptors (Lipinski definition) is 5. The maximum absolute atomic E-state index is 9.64. The van der Waals surface area contributed by atoms with Crippen LogP contribution in [0.1, 0.15) is 12.8 Å². The molecule has 2 rings (SSSR count). The molecule has 2 heterocycles. The second-order valence-corrected chi connectivity index (χ2v) is 3.58. The maximum atomic E-state index is 9.64. The van der Waals surface area contributed by atoms with Gasteiger partial charge in [0.25, 0.3) is 0 Å². The highest BCUT2D eigenvalue weighted by atomic mass is 16.7. The number of aliphatic hydroxyl groups excluding tert-OH is 3. The van der Waals surface area contributed by atoms with E-state index in [4.69, 9.17) is 9.47 Å². The zero-order chi connectivity index (χ0) is 9.47. The molecule has 5 nitrogen and oxygen atoms in total. The lowest BCUT2D eigenvalue weighted by molar-refractivity contribution is -0.322. The molecule has 0 aromatic heterocycles. The number of hydrogen-bond donors (Lipinski definition) is 3. The van der Waals surface area contributed by atoms with Crippen molar-refractivity contribution < 1.29 is 24.8 Å². The Kier molecular flexibility index (Phi) is 2.29. The quantitative estimate of drug-likeness (QED) is 0.438. The summed E-state index contributed by atoms with van der Waals surface area (Å²) in [7, 11) is 0. The Morgan fingerprint density at radius 3 is 2.54 bits per heavy atom. The van der Waals surface area contributed by atoms with Gasteiger partial charge in [-0.05, 0) is 6.42 Å². The SMILES string of the molecule is O[C@@H]1[C@@H](O)CO[C@]2(CCCO2)[C@H]1O. The van der Waals surface area contributed by atoms with Gasteiger partial charge in [-0.2, -0.15) is 0 Å². The Hall–Kier alpha value is -0.200. The van der Waals surface area contributed by atoms with Crippen molar-refractivity contribution in [3.05, 3.63) is 0 Å². The van der Waals surface area contributed by atoms with Gasteiger partial charge in [0.05, 0.1) is 13.2 Å². The molecule has 0 saturated carbocycles. The van der Waals surface area contributed by atoms with Crippen molar-refractivity contribution in [2.45, 2.75) is 36.9 Å². The molecule has 1 spiro atoms. The van der Waals surface area contributed by atoms with E-state index in [-0.39, 0.29) is 6.61 Å². The van der Waals surface area contributed by atoms with E-state index in [2.05, 4.69) is 0 Å². The van der Waals surface area contributed by atoms with Gasteiger partial charge in [-0.1, -0.05) is 0 Å². The van der Waals surface area contributed by atoms with Gasteiger partial charge in [-0.15, -0.1) is 0 Å². The fraction of sp³-hybridized carbons (Fsp3) is 1.00. The standard InChI is InChI=1S/C8H14O5/c9-5-4-13-8(2-1-3-12-8)7(11)6(5)10/h5-7,9-11H,1-4H2/t5-,6+,7-,8+/m0/s1. The molecule has 0 aromatic rings. The van der Waals surface area contributed by atoms with Crippen molar-refractivity contribution in [1.29, 1.82) is 0 Å². The Bertz CT molecular complexity index is 189. The van der Waals surface area contributed by atoms with Crippen LogP contribution in [0, 0.1) is 0 Å². The minimum Gasteiger partial charge on any atom is -0.388 e. The van der Waals surface area contributed by atoms with E-state index in [1.807, 2.05) is 0 Å². The first-order chi connectivity index (χ1) is 6.16. The molecule has 2 aliphatic rings. The van der Waals surface area contributed by atoms with E-state index in [1.165, 1.54) is 0 Å². The van der Waals surface area contributed by atoms with Gasteiger partial charge < -0.3 is 24.8 Å². The smallest absolute Gasteiger partial charge is 0.197 e. The molecule has 0 amide bonds. The van der Waals surface area contributed by atoms with E-state index >= 15 is 0 Å². The predicted octanol–water partition coefficient (Wildman–Crippen LogP) is -1.39. The van der Waals surface area contributed by atoms with Crippen LogP contribution in [0.4, 0.5) is 0 Å². The van der Waals surface area contributed by atoms with Gasteiger partial charge in [-0.25, -0.2) is 0 Å². The van der Waals surface area contributed by atoms with Gasteiger partial charge in [0.2, 0.25) is 0 Å². The fourth-order valence-electron chi connectivity index (χ4n) is 1.86. The van der Waals surface area contributed by atoms with Crippen molar-refractivity contribution in [1.82, 2.24) is 0 Å². The van der Waals surface area contributed by atoms with Gasteiger partial charge in [-0.3, -0.25) is 0 Å². The van der Waals surface area contributed by atoms with Crippen LogP contribution in [0.25, 0.3) is 0 Å². The molecule has 0 aromatic carbocycles. The predicted molar refractivity (Wildman–Crippen MR) is 41.9 cm³/mol. The fourth-order valence-corrected chi connectivity index (χ4v) is 1.86. The second-order valence-electron chi connectivity index (χ2n) is 3.58. The van der Waals surface area contributed by atoms with Crippen LogP contribution < -0.4 is 0 Å². The molecular weight excluding hydrogens is 176 g/mol. The third-order valence-electron chi connectivity index (χ3n) is 2.68. The zero-order valence-electron chi connectivity index (χ0n) is 7.22. The van der Waals surface area contributed by atoms with Crippen molar-refractivity contribution >= 4 is 0 Å². The van der Waals surface area contributed by atoms with E-state index in [9.17, 15) is 15.3 Å². The van der Waals surface area contributed by atoms with E-state index < -0.39 is 24.1 Å². The average molecular weight is 190 g/mol. The molecule has 5 heteroatoms. The van der Waals surface area contributed by atoms with Crippen LogP contribution in [0.5, 0.6) is 0 Å². The number of ether oxygens (including phenoxy) is 2. The summed E-state index contributed by atoms with van der Waals surface area (Å²) in [4.78, 5) is 0.